The molecule has 106 valence electrons. The van der Waals surface area contributed by atoms with E-state index in [4.69, 9.17) is 9.47 Å². The van der Waals surface area contributed by atoms with E-state index in [0.717, 1.165) is 28.4 Å². The Kier molecular flexibility index (Phi) is 4.08. The standard InChI is InChI=1S/C15H18N2O3/c1-10-12(9-15(18)20-4)11(2)17(16-10)13-7-5-6-8-14(13)19-3/h5-8H,9H2,1-4H3. The summed E-state index contributed by atoms with van der Waals surface area (Å²) in [4.78, 5) is 11.5. The van der Waals surface area contributed by atoms with Crippen molar-refractivity contribution in [3.05, 3.63) is 41.2 Å². The van der Waals surface area contributed by atoms with Crippen molar-refractivity contribution in [1.82, 2.24) is 9.78 Å². The van der Waals surface area contributed by atoms with Crippen molar-refractivity contribution in [2.75, 3.05) is 14.2 Å². The van der Waals surface area contributed by atoms with E-state index < -0.39 is 0 Å². The second kappa shape index (κ2) is 5.77. The van der Waals surface area contributed by atoms with Crippen LogP contribution in [0.5, 0.6) is 5.75 Å². The van der Waals surface area contributed by atoms with Gasteiger partial charge in [0.15, 0.2) is 0 Å². The highest BCUT2D eigenvalue weighted by Crippen LogP contribution is 2.25. The quantitative estimate of drug-likeness (QED) is 0.802. The molecule has 0 bridgehead atoms. The predicted octanol–water partition coefficient (Wildman–Crippen LogP) is 2.21. The average molecular weight is 274 g/mol. The monoisotopic (exact) mass is 274 g/mol. The van der Waals surface area contributed by atoms with Gasteiger partial charge in [-0.25, -0.2) is 4.68 Å². The Hall–Kier alpha value is -2.30. The number of para-hydroxylation sites is 2. The smallest absolute Gasteiger partial charge is 0.310 e. The van der Waals surface area contributed by atoms with Crippen molar-refractivity contribution in [2.45, 2.75) is 20.3 Å². The van der Waals surface area contributed by atoms with Gasteiger partial charge in [0.25, 0.3) is 0 Å². The van der Waals surface area contributed by atoms with Crippen LogP contribution < -0.4 is 4.74 Å². The Bertz CT molecular complexity index is 632. The molecule has 0 fully saturated rings. The third kappa shape index (κ3) is 2.52. The van der Waals surface area contributed by atoms with E-state index in [2.05, 4.69) is 5.10 Å². The fourth-order valence-electron chi connectivity index (χ4n) is 2.19. The van der Waals surface area contributed by atoms with Crippen molar-refractivity contribution in [1.29, 1.82) is 0 Å². The molecule has 1 aromatic carbocycles. The molecule has 0 saturated heterocycles. The van der Waals surface area contributed by atoms with Gasteiger partial charge in [-0.15, -0.1) is 0 Å². The molecule has 5 nitrogen and oxygen atoms in total. The van der Waals surface area contributed by atoms with Gasteiger partial charge in [-0.2, -0.15) is 5.10 Å². The zero-order chi connectivity index (χ0) is 14.7. The number of ether oxygens (including phenoxy) is 2. The zero-order valence-electron chi connectivity index (χ0n) is 12.1. The number of carbonyl (C=O) groups is 1. The summed E-state index contributed by atoms with van der Waals surface area (Å²) in [6.45, 7) is 3.82. The number of hydrogen-bond acceptors (Lipinski definition) is 4. The van der Waals surface area contributed by atoms with Gasteiger partial charge in [0, 0.05) is 11.3 Å². The molecule has 0 amide bonds. The highest BCUT2D eigenvalue weighted by atomic mass is 16.5. The van der Waals surface area contributed by atoms with E-state index >= 15 is 0 Å². The summed E-state index contributed by atoms with van der Waals surface area (Å²) in [5.41, 5.74) is 3.48. The molecule has 0 spiro atoms. The molecular formula is C15H18N2O3. The summed E-state index contributed by atoms with van der Waals surface area (Å²) in [5.74, 6) is 0.471. The number of nitrogens with zero attached hydrogens (tertiary/aromatic N) is 2. The number of esters is 1. The predicted molar refractivity (Wildman–Crippen MR) is 75.3 cm³/mol. The summed E-state index contributed by atoms with van der Waals surface area (Å²) in [6.07, 6.45) is 0.226. The number of methoxy groups -OCH3 is 2. The van der Waals surface area contributed by atoms with Crippen LogP contribution in [0.15, 0.2) is 24.3 Å². The topological polar surface area (TPSA) is 53.3 Å². The Labute approximate surface area is 118 Å². The SMILES string of the molecule is COC(=O)Cc1c(C)nn(-c2ccccc2OC)c1C. The van der Waals surface area contributed by atoms with Gasteiger partial charge < -0.3 is 9.47 Å². The second-order valence-electron chi connectivity index (χ2n) is 4.49. The molecule has 0 radical (unpaired) electrons. The van der Waals surface area contributed by atoms with E-state index in [1.165, 1.54) is 7.11 Å². The summed E-state index contributed by atoms with van der Waals surface area (Å²) in [5, 5.41) is 4.51. The van der Waals surface area contributed by atoms with Crippen LogP contribution in [0, 0.1) is 13.8 Å². The van der Waals surface area contributed by atoms with Crippen LogP contribution in [-0.2, 0) is 16.0 Å². The number of benzene rings is 1. The highest BCUT2D eigenvalue weighted by Gasteiger charge is 2.17. The molecule has 1 heterocycles. The normalized spacial score (nSPS) is 10.4. The number of aromatic nitrogens is 2. The molecule has 0 atom stereocenters. The van der Waals surface area contributed by atoms with Crippen LogP contribution in [-0.4, -0.2) is 30.0 Å². The van der Waals surface area contributed by atoms with E-state index in [-0.39, 0.29) is 12.4 Å². The van der Waals surface area contributed by atoms with E-state index in [1.54, 1.807) is 11.8 Å². The van der Waals surface area contributed by atoms with Gasteiger partial charge in [0.1, 0.15) is 11.4 Å². The van der Waals surface area contributed by atoms with E-state index in [0.29, 0.717) is 0 Å². The molecule has 0 aliphatic rings. The molecule has 0 aliphatic heterocycles. The highest BCUT2D eigenvalue weighted by molar-refractivity contribution is 5.73. The Morgan fingerprint density at radius 1 is 1.25 bits per heavy atom. The molecule has 0 unspecified atom stereocenters. The van der Waals surface area contributed by atoms with Crippen molar-refractivity contribution < 1.29 is 14.3 Å². The molecule has 2 rings (SSSR count). The van der Waals surface area contributed by atoms with Crippen LogP contribution in [0.4, 0.5) is 0 Å². The van der Waals surface area contributed by atoms with Gasteiger partial charge in [-0.3, -0.25) is 4.79 Å². The van der Waals surface area contributed by atoms with Gasteiger partial charge in [-0.1, -0.05) is 12.1 Å². The lowest BCUT2D eigenvalue weighted by Crippen LogP contribution is -2.07. The van der Waals surface area contributed by atoms with Crippen molar-refractivity contribution in [3.63, 3.8) is 0 Å². The lowest BCUT2D eigenvalue weighted by atomic mass is 10.1. The lowest BCUT2D eigenvalue weighted by molar-refractivity contribution is -0.139. The van der Waals surface area contributed by atoms with Gasteiger partial charge in [0.2, 0.25) is 0 Å². The second-order valence-corrected chi connectivity index (χ2v) is 4.49. The molecule has 0 N–H and O–H groups in total. The number of aryl methyl sites for hydroxylation is 1. The Morgan fingerprint density at radius 2 is 1.95 bits per heavy atom. The first-order chi connectivity index (χ1) is 9.58. The average Bonchev–Trinajstić information content (AvgIpc) is 2.75. The van der Waals surface area contributed by atoms with Crippen LogP contribution in [0.25, 0.3) is 5.69 Å². The van der Waals surface area contributed by atoms with E-state index in [1.807, 2.05) is 38.1 Å². The summed E-state index contributed by atoms with van der Waals surface area (Å²) >= 11 is 0. The minimum absolute atomic E-state index is 0.226. The van der Waals surface area contributed by atoms with Crippen molar-refractivity contribution in [3.8, 4) is 11.4 Å². The van der Waals surface area contributed by atoms with E-state index in [9.17, 15) is 4.79 Å². The molecule has 1 aromatic heterocycles. The Morgan fingerprint density at radius 3 is 2.60 bits per heavy atom. The maximum Gasteiger partial charge on any atom is 0.310 e. The maximum atomic E-state index is 11.5. The van der Waals surface area contributed by atoms with Crippen LogP contribution in [0.2, 0.25) is 0 Å². The number of hydrogen-bond donors (Lipinski definition) is 0. The van der Waals surface area contributed by atoms with Gasteiger partial charge >= 0.3 is 5.97 Å². The minimum Gasteiger partial charge on any atom is -0.494 e. The summed E-state index contributed by atoms with van der Waals surface area (Å²) in [6, 6.07) is 7.64. The molecule has 0 aliphatic carbocycles. The maximum absolute atomic E-state index is 11.5. The van der Waals surface area contributed by atoms with Crippen LogP contribution in [0.1, 0.15) is 17.0 Å². The molecule has 0 saturated carbocycles. The largest absolute Gasteiger partial charge is 0.494 e. The summed E-state index contributed by atoms with van der Waals surface area (Å²) < 4.78 is 11.9. The Balaban J connectivity index is 2.49. The zero-order valence-corrected chi connectivity index (χ0v) is 12.1. The third-order valence-corrected chi connectivity index (χ3v) is 3.30. The van der Waals surface area contributed by atoms with Crippen molar-refractivity contribution in [2.24, 2.45) is 0 Å². The lowest BCUT2D eigenvalue weighted by Gasteiger charge is -2.10. The fourth-order valence-corrected chi connectivity index (χ4v) is 2.19. The number of rotatable bonds is 4. The van der Waals surface area contributed by atoms with Gasteiger partial charge in [-0.05, 0) is 26.0 Å². The first-order valence-electron chi connectivity index (χ1n) is 6.33. The first kappa shape index (κ1) is 14.1. The number of carbonyl (C=O) groups excluding carboxylic acids is 1. The molecule has 20 heavy (non-hydrogen) atoms. The third-order valence-electron chi connectivity index (χ3n) is 3.30. The molecule has 2 aromatic rings. The molecule has 5 heteroatoms. The van der Waals surface area contributed by atoms with Gasteiger partial charge in [0.05, 0.1) is 26.3 Å². The first-order valence-corrected chi connectivity index (χ1v) is 6.33. The van der Waals surface area contributed by atoms with Crippen LogP contribution >= 0.6 is 0 Å². The summed E-state index contributed by atoms with van der Waals surface area (Å²) in [7, 11) is 3.01. The van der Waals surface area contributed by atoms with Crippen molar-refractivity contribution >= 4 is 5.97 Å². The molecular weight excluding hydrogens is 256 g/mol. The fraction of sp³-hybridized carbons (Fsp3) is 0.333. The van der Waals surface area contributed by atoms with Crippen LogP contribution in [0.3, 0.4) is 0 Å². The minimum atomic E-state index is -0.268.